The van der Waals surface area contributed by atoms with Crippen LogP contribution >= 0.6 is 0 Å². The van der Waals surface area contributed by atoms with Crippen LogP contribution in [0.15, 0.2) is 0 Å². The zero-order valence-electron chi connectivity index (χ0n) is 12.2. The molecule has 0 amide bonds. The molecule has 0 spiro atoms. The summed E-state index contributed by atoms with van der Waals surface area (Å²) in [7, 11) is -4.67. The van der Waals surface area contributed by atoms with Gasteiger partial charge in [0.1, 0.15) is 0 Å². The Labute approximate surface area is 142 Å². The third-order valence-corrected chi connectivity index (χ3v) is 0. The molecule has 0 aromatic rings. The van der Waals surface area contributed by atoms with Crippen molar-refractivity contribution in [3.63, 3.8) is 0 Å². The molecule has 128 valence electrons. The number of carboxylic acids is 4. The first-order valence-corrected chi connectivity index (χ1v) is 5.77. The van der Waals surface area contributed by atoms with Crippen molar-refractivity contribution in [1.82, 2.24) is 0 Å². The molecule has 0 aliphatic heterocycles. The second-order valence-corrected chi connectivity index (χ2v) is 3.36. The van der Waals surface area contributed by atoms with E-state index < -0.39 is 34.3 Å². The third-order valence-electron chi connectivity index (χ3n) is 0. The second kappa shape index (κ2) is 24.5. The molecule has 0 aromatic carbocycles. The second-order valence-electron chi connectivity index (χ2n) is 2.47. The van der Waals surface area contributed by atoms with Crippen molar-refractivity contribution in [3.8, 4) is 0 Å². The maximum Gasteiger partial charge on any atom is 2.00 e. The molecule has 12 nitrogen and oxygen atoms in total. The molecule has 0 saturated heterocycles. The molecule has 0 radical (unpaired) electrons. The van der Waals surface area contributed by atoms with E-state index in [0.717, 1.165) is 27.7 Å². The predicted molar refractivity (Wildman–Crippen MR) is 67.9 cm³/mol. The normalized spacial score (nSPS) is 7.18. The van der Waals surface area contributed by atoms with Gasteiger partial charge >= 0.3 is 33.5 Å². The number of carboxylic acid groups (broad SMARTS) is 4. The summed E-state index contributed by atoms with van der Waals surface area (Å²) >= 11 is 0. The van der Waals surface area contributed by atoms with E-state index >= 15 is 0 Å². The minimum Gasteiger partial charge on any atom is -0.550 e. The zero-order valence-corrected chi connectivity index (χ0v) is 14.4. The Bertz CT molecular complexity index is 329. The van der Waals surface area contributed by atoms with Gasteiger partial charge in [0, 0.05) is 25.8 Å². The fourth-order valence-electron chi connectivity index (χ4n) is 0. The van der Waals surface area contributed by atoms with Gasteiger partial charge in [-0.25, -0.2) is 0 Å². The van der Waals surface area contributed by atoms with Crippen molar-refractivity contribution in [2.75, 3.05) is 0 Å². The van der Waals surface area contributed by atoms with Crippen LogP contribution in [0.3, 0.4) is 0 Å². The largest absolute Gasteiger partial charge is 2.00 e. The molecule has 0 bridgehead atoms. The van der Waals surface area contributed by atoms with Crippen molar-refractivity contribution in [3.05, 3.63) is 0 Å². The van der Waals surface area contributed by atoms with Crippen LogP contribution < -0.4 is 10.2 Å². The quantitative estimate of drug-likeness (QED) is 0.245. The monoisotopic (exact) mass is 360 g/mol. The topological polar surface area (TPSA) is 229 Å². The Morgan fingerprint density at radius 3 is 0.727 bits per heavy atom. The van der Waals surface area contributed by atoms with Crippen molar-refractivity contribution in [1.29, 1.82) is 0 Å². The maximum absolute atomic E-state index is 9.00. The molecule has 0 heterocycles. The van der Waals surface area contributed by atoms with E-state index in [1.54, 1.807) is 0 Å². The van der Waals surface area contributed by atoms with Crippen LogP contribution in [-0.2, 0) is 29.6 Å². The summed E-state index contributed by atoms with van der Waals surface area (Å²) in [4.78, 5) is 35.8. The summed E-state index contributed by atoms with van der Waals surface area (Å²) in [5, 5.41) is 32.6. The number of carbonyl (C=O) groups excluding carboxylic acids is 2. The van der Waals surface area contributed by atoms with E-state index in [-0.39, 0.29) is 23.1 Å². The van der Waals surface area contributed by atoms with Gasteiger partial charge in [-0.05, 0) is 13.8 Å². The van der Waals surface area contributed by atoms with E-state index in [9.17, 15) is 0 Å². The number of carbonyl (C=O) groups is 4. The summed E-state index contributed by atoms with van der Waals surface area (Å²) in [5.74, 6) is -3.83. The van der Waals surface area contributed by atoms with Crippen LogP contribution in [0.2, 0.25) is 0 Å². The first-order valence-electron chi connectivity index (χ1n) is 4.37. The SMILES string of the molecule is CC(=O)O.CC(=O)O.CC(=O)[O-].CC(=O)[O-].O=S(=O)(O)O.[Mg+2]. The Balaban J connectivity index is -0.0000000361. The molecule has 0 unspecified atom stereocenters. The first-order chi connectivity index (χ1) is 8.93. The van der Waals surface area contributed by atoms with Gasteiger partial charge in [-0.2, -0.15) is 8.42 Å². The molecule has 0 saturated carbocycles. The van der Waals surface area contributed by atoms with Crippen LogP contribution in [0.1, 0.15) is 27.7 Å². The first kappa shape index (κ1) is 37.1. The average molecular weight is 361 g/mol. The van der Waals surface area contributed by atoms with E-state index in [0.29, 0.717) is 0 Å². The molecular formula is C8H16MgO12S. The van der Waals surface area contributed by atoms with E-state index in [1.165, 1.54) is 0 Å². The van der Waals surface area contributed by atoms with Gasteiger partial charge in [0.2, 0.25) is 0 Å². The van der Waals surface area contributed by atoms with E-state index in [2.05, 4.69) is 0 Å². The molecule has 14 heteroatoms. The summed E-state index contributed by atoms with van der Waals surface area (Å²) < 4.78 is 31.6. The number of hydrogen-bond acceptors (Lipinski definition) is 8. The van der Waals surface area contributed by atoms with Crippen molar-refractivity contribution in [2.24, 2.45) is 0 Å². The van der Waals surface area contributed by atoms with Crippen LogP contribution in [0, 0.1) is 0 Å². The molecule has 0 rings (SSSR count). The van der Waals surface area contributed by atoms with E-state index in [4.69, 9.17) is 57.1 Å². The van der Waals surface area contributed by atoms with Crippen molar-refractivity contribution in [2.45, 2.75) is 27.7 Å². The Kier molecular flexibility index (Phi) is 41.3. The zero-order chi connectivity index (χ0) is 18.8. The molecular weight excluding hydrogens is 344 g/mol. The number of aliphatic carboxylic acids is 4. The van der Waals surface area contributed by atoms with E-state index in [1.807, 2.05) is 0 Å². The van der Waals surface area contributed by atoms with Gasteiger partial charge in [0.05, 0.1) is 0 Å². The standard InChI is InChI=1S/4C2H4O2.Mg.H2O4S/c4*1-2(3)4;;1-5(2,3)4/h4*1H3,(H,3,4);;(H2,1,2,3,4)/q;;;;+2;/p-2. The molecule has 0 aliphatic carbocycles. The molecule has 22 heavy (non-hydrogen) atoms. The predicted octanol–water partition coefficient (Wildman–Crippen LogP) is -3.34. The molecule has 4 N–H and O–H groups in total. The van der Waals surface area contributed by atoms with Crippen LogP contribution in [0.25, 0.3) is 0 Å². The Hall–Kier alpha value is -1.48. The minimum absolute atomic E-state index is 0. The average Bonchev–Trinajstić information content (AvgIpc) is 1.91. The molecule has 0 fully saturated rings. The summed E-state index contributed by atoms with van der Waals surface area (Å²) in [5.41, 5.74) is 0. The molecule has 0 aromatic heterocycles. The summed E-state index contributed by atoms with van der Waals surface area (Å²) in [6.45, 7) is 4.11. The van der Waals surface area contributed by atoms with Crippen molar-refractivity contribution < 1.29 is 57.1 Å². The Morgan fingerprint density at radius 1 is 0.727 bits per heavy atom. The smallest absolute Gasteiger partial charge is 0.550 e. The molecule has 0 aliphatic rings. The fraction of sp³-hybridized carbons (Fsp3) is 0.500. The van der Waals surface area contributed by atoms with Crippen molar-refractivity contribution >= 4 is 57.3 Å². The third kappa shape index (κ3) is 2580. The van der Waals surface area contributed by atoms with Crippen LogP contribution in [0.5, 0.6) is 0 Å². The van der Waals surface area contributed by atoms with Crippen LogP contribution in [0.4, 0.5) is 0 Å². The van der Waals surface area contributed by atoms with Gasteiger partial charge in [-0.3, -0.25) is 18.7 Å². The minimum atomic E-state index is -4.67. The van der Waals surface area contributed by atoms with Crippen LogP contribution in [-0.4, -0.2) is 74.7 Å². The van der Waals surface area contributed by atoms with Gasteiger partial charge in [0.25, 0.3) is 11.9 Å². The fourth-order valence-corrected chi connectivity index (χ4v) is 0. The maximum atomic E-state index is 9.00. The Morgan fingerprint density at radius 2 is 0.727 bits per heavy atom. The summed E-state index contributed by atoms with van der Waals surface area (Å²) in [6.07, 6.45) is 0. The summed E-state index contributed by atoms with van der Waals surface area (Å²) in [6, 6.07) is 0. The van der Waals surface area contributed by atoms with Gasteiger partial charge < -0.3 is 30.0 Å². The number of rotatable bonds is 0. The molecule has 0 atom stereocenters. The number of hydrogen-bond donors (Lipinski definition) is 4. The van der Waals surface area contributed by atoms with Gasteiger partial charge in [-0.15, -0.1) is 0 Å². The van der Waals surface area contributed by atoms with Gasteiger partial charge in [0.15, 0.2) is 0 Å². The van der Waals surface area contributed by atoms with Gasteiger partial charge in [-0.1, -0.05) is 0 Å².